The van der Waals surface area contributed by atoms with Crippen LogP contribution in [0.1, 0.15) is 11.3 Å². The molecule has 0 aliphatic rings. The minimum atomic E-state index is 0.916. The summed E-state index contributed by atoms with van der Waals surface area (Å²) < 4.78 is 11.1. The van der Waals surface area contributed by atoms with Gasteiger partial charge in [-0.15, -0.1) is 11.3 Å². The summed E-state index contributed by atoms with van der Waals surface area (Å²) in [5, 5.41) is 6.12. The molecule has 0 aliphatic heterocycles. The normalized spacial score (nSPS) is 11.9. The summed E-state index contributed by atoms with van der Waals surface area (Å²) >= 11 is 1.86. The van der Waals surface area contributed by atoms with E-state index >= 15 is 0 Å². The van der Waals surface area contributed by atoms with Crippen LogP contribution in [0.3, 0.4) is 0 Å². The number of rotatable bonds is 6. The maximum atomic E-state index is 6.09. The summed E-state index contributed by atoms with van der Waals surface area (Å²) in [5.41, 5.74) is 13.8. The highest BCUT2D eigenvalue weighted by molar-refractivity contribution is 7.25. The van der Waals surface area contributed by atoms with Crippen molar-refractivity contribution in [2.45, 2.75) is 6.92 Å². The number of hydrogen-bond donors (Lipinski definition) is 0. The number of aromatic nitrogens is 1. The van der Waals surface area contributed by atoms with Crippen LogP contribution in [0.5, 0.6) is 0 Å². The van der Waals surface area contributed by atoms with Gasteiger partial charge in [0.1, 0.15) is 11.2 Å². The maximum Gasteiger partial charge on any atom is 0.135 e. The van der Waals surface area contributed by atoms with Crippen LogP contribution in [-0.2, 0) is 0 Å². The van der Waals surface area contributed by atoms with Crippen molar-refractivity contribution in [1.82, 2.24) is 4.57 Å². The van der Waals surface area contributed by atoms with Crippen molar-refractivity contribution >= 4 is 70.4 Å². The summed E-state index contributed by atoms with van der Waals surface area (Å²) in [6.07, 6.45) is 6.03. The minimum Gasteiger partial charge on any atom is -0.456 e. The third-order valence-corrected chi connectivity index (χ3v) is 11.5. The molecule has 10 rings (SSSR count). The standard InChI is InChI=1S/C49H33NOS/c1-3-4-17-44-31(2)39-15-5-7-18-45(39)50(44)38-22-25-49-43(30-38)42-29-37(21-24-48(42)52-49)35-14-10-12-33(27-35)32-11-9-13-34(26-32)36-20-23-47-41(28-36)40-16-6-8-19-46(40)51-47/h3-30H,1H2,2H3/b17-4-. The van der Waals surface area contributed by atoms with Gasteiger partial charge in [-0.05, 0) is 119 Å². The molecule has 246 valence electrons. The average molecular weight is 684 g/mol. The van der Waals surface area contributed by atoms with E-state index in [1.807, 2.05) is 35.6 Å². The molecule has 0 amide bonds. The highest BCUT2D eigenvalue weighted by Crippen LogP contribution is 2.40. The number of para-hydroxylation sites is 2. The monoisotopic (exact) mass is 683 g/mol. The SMILES string of the molecule is C=C/C=C\c1c(C)c2ccccc2n1-c1ccc2sc3ccc(-c4cccc(-c5cccc(-c6ccc7oc8ccccc8c7c6)c5)c4)cc3c2c1. The largest absolute Gasteiger partial charge is 0.456 e. The quantitative estimate of drug-likeness (QED) is 0.160. The van der Waals surface area contributed by atoms with E-state index in [1.165, 1.54) is 75.7 Å². The highest BCUT2D eigenvalue weighted by Gasteiger charge is 2.16. The summed E-state index contributed by atoms with van der Waals surface area (Å²) in [6.45, 7) is 6.13. The first-order chi connectivity index (χ1) is 25.6. The number of nitrogens with zero attached hydrogens (tertiary/aromatic N) is 1. The van der Waals surface area contributed by atoms with Crippen LogP contribution >= 0.6 is 11.3 Å². The molecule has 0 atom stereocenters. The van der Waals surface area contributed by atoms with Crippen LogP contribution in [-0.4, -0.2) is 4.57 Å². The molecule has 0 fully saturated rings. The maximum absolute atomic E-state index is 6.09. The van der Waals surface area contributed by atoms with Crippen LogP contribution < -0.4 is 0 Å². The Kier molecular flexibility index (Phi) is 7.09. The lowest BCUT2D eigenvalue weighted by molar-refractivity contribution is 0.669. The number of thiophene rings is 1. The molecule has 2 nitrogen and oxygen atoms in total. The van der Waals surface area contributed by atoms with E-state index in [0.717, 1.165) is 27.6 Å². The van der Waals surface area contributed by atoms with Crippen molar-refractivity contribution in [1.29, 1.82) is 0 Å². The zero-order valence-electron chi connectivity index (χ0n) is 28.6. The average Bonchev–Trinajstić information content (AvgIpc) is 3.85. The summed E-state index contributed by atoms with van der Waals surface area (Å²) in [4.78, 5) is 0. The fraction of sp³-hybridized carbons (Fsp3) is 0.0204. The molecule has 0 aliphatic carbocycles. The van der Waals surface area contributed by atoms with Crippen LogP contribution in [0.2, 0.25) is 0 Å². The zero-order chi connectivity index (χ0) is 34.8. The van der Waals surface area contributed by atoms with Crippen LogP contribution in [0.25, 0.3) is 98.2 Å². The molecule has 0 N–H and O–H groups in total. The first-order valence-corrected chi connectivity index (χ1v) is 18.4. The third-order valence-electron chi connectivity index (χ3n) is 10.4. The predicted molar refractivity (Wildman–Crippen MR) is 224 cm³/mol. The lowest BCUT2D eigenvalue weighted by Gasteiger charge is -2.10. The molecule has 0 saturated carbocycles. The van der Waals surface area contributed by atoms with Gasteiger partial charge in [-0.2, -0.15) is 0 Å². The van der Waals surface area contributed by atoms with Crippen molar-refractivity contribution in [3.8, 4) is 39.1 Å². The van der Waals surface area contributed by atoms with Crippen molar-refractivity contribution in [3.63, 3.8) is 0 Å². The molecule has 0 bridgehead atoms. The second-order valence-corrected chi connectivity index (χ2v) is 14.5. The van der Waals surface area contributed by atoms with E-state index in [-0.39, 0.29) is 0 Å². The van der Waals surface area contributed by atoms with Gasteiger partial charge < -0.3 is 8.98 Å². The first-order valence-electron chi connectivity index (χ1n) is 17.6. The molecule has 0 radical (unpaired) electrons. The first kappa shape index (κ1) is 30.4. The van der Waals surface area contributed by atoms with E-state index in [1.54, 1.807) is 0 Å². The van der Waals surface area contributed by atoms with E-state index < -0.39 is 0 Å². The van der Waals surface area contributed by atoms with Gasteiger partial charge in [0.2, 0.25) is 0 Å². The van der Waals surface area contributed by atoms with Crippen molar-refractivity contribution in [2.75, 3.05) is 0 Å². The Bertz CT molecular complexity index is 3060. The van der Waals surface area contributed by atoms with Gasteiger partial charge in [0.25, 0.3) is 0 Å². The van der Waals surface area contributed by atoms with Crippen LogP contribution in [0.4, 0.5) is 0 Å². The molecule has 3 heterocycles. The Morgan fingerprint density at radius 1 is 0.519 bits per heavy atom. The number of allylic oxidation sites excluding steroid dienone is 2. The molecule has 10 aromatic rings. The zero-order valence-corrected chi connectivity index (χ0v) is 29.5. The Morgan fingerprint density at radius 3 is 1.83 bits per heavy atom. The molecular weight excluding hydrogens is 651 g/mol. The number of benzene rings is 7. The fourth-order valence-electron chi connectivity index (χ4n) is 7.80. The second kappa shape index (κ2) is 12.1. The lowest BCUT2D eigenvalue weighted by atomic mass is 9.95. The number of hydrogen-bond acceptors (Lipinski definition) is 2. The van der Waals surface area contributed by atoms with Crippen molar-refractivity contribution in [2.24, 2.45) is 0 Å². The molecule has 0 spiro atoms. The van der Waals surface area contributed by atoms with Crippen LogP contribution in [0, 0.1) is 6.92 Å². The second-order valence-electron chi connectivity index (χ2n) is 13.4. The Labute approximate surface area is 305 Å². The summed E-state index contributed by atoms with van der Waals surface area (Å²) in [7, 11) is 0. The van der Waals surface area contributed by atoms with E-state index in [9.17, 15) is 0 Å². The molecule has 3 heteroatoms. The molecular formula is C49H33NOS. The van der Waals surface area contributed by atoms with Crippen molar-refractivity contribution < 1.29 is 4.42 Å². The Morgan fingerprint density at radius 2 is 1.10 bits per heavy atom. The van der Waals surface area contributed by atoms with Gasteiger partial charge in [0.05, 0.1) is 5.52 Å². The van der Waals surface area contributed by atoms with Gasteiger partial charge in [-0.1, -0.05) is 104 Å². The Balaban J connectivity index is 1.04. The highest BCUT2D eigenvalue weighted by atomic mass is 32.1. The van der Waals surface area contributed by atoms with E-state index in [0.29, 0.717) is 0 Å². The molecule has 3 aromatic heterocycles. The predicted octanol–water partition coefficient (Wildman–Crippen LogP) is 14.4. The summed E-state index contributed by atoms with van der Waals surface area (Å²) in [5.74, 6) is 0. The summed E-state index contributed by atoms with van der Waals surface area (Å²) in [6, 6.07) is 55.0. The number of aryl methyl sites for hydroxylation is 1. The van der Waals surface area contributed by atoms with Gasteiger partial charge in [0.15, 0.2) is 0 Å². The number of fused-ring (bicyclic) bond motifs is 7. The molecule has 0 unspecified atom stereocenters. The topological polar surface area (TPSA) is 18.1 Å². The fourth-order valence-corrected chi connectivity index (χ4v) is 8.87. The van der Waals surface area contributed by atoms with E-state index in [4.69, 9.17) is 4.42 Å². The lowest BCUT2D eigenvalue weighted by Crippen LogP contribution is -1.96. The number of furan rings is 1. The van der Waals surface area contributed by atoms with Gasteiger partial charge in [-0.25, -0.2) is 0 Å². The molecule has 52 heavy (non-hydrogen) atoms. The third kappa shape index (κ3) is 4.93. The smallest absolute Gasteiger partial charge is 0.135 e. The minimum absolute atomic E-state index is 0.916. The van der Waals surface area contributed by atoms with Gasteiger partial charge in [0, 0.05) is 47.7 Å². The van der Waals surface area contributed by atoms with Crippen molar-refractivity contribution in [3.05, 3.63) is 182 Å². The Hall–Kier alpha value is -6.42. The molecule has 7 aromatic carbocycles. The van der Waals surface area contributed by atoms with Crippen LogP contribution in [0.15, 0.2) is 175 Å². The molecule has 0 saturated heterocycles. The van der Waals surface area contributed by atoms with E-state index in [2.05, 4.69) is 164 Å². The van der Waals surface area contributed by atoms with Gasteiger partial charge >= 0.3 is 0 Å². The van der Waals surface area contributed by atoms with Gasteiger partial charge in [-0.3, -0.25) is 0 Å².